The lowest BCUT2D eigenvalue weighted by atomic mass is 9.98. The lowest BCUT2D eigenvalue weighted by Crippen LogP contribution is -2.33. The highest BCUT2D eigenvalue weighted by Gasteiger charge is 2.30. The van der Waals surface area contributed by atoms with Crippen molar-refractivity contribution in [2.75, 3.05) is 33.4 Å². The summed E-state index contributed by atoms with van der Waals surface area (Å²) in [7, 11) is 1.61. The third-order valence-corrected chi connectivity index (χ3v) is 3.77. The number of carbonyl (C=O) groups is 1. The number of rotatable bonds is 8. The molecule has 0 saturated heterocycles. The molecule has 2 N–H and O–H groups in total. The first kappa shape index (κ1) is 23.0. The Morgan fingerprint density at radius 3 is 2.30 bits per heavy atom. The van der Waals surface area contributed by atoms with Gasteiger partial charge in [0.2, 0.25) is 0 Å². The fourth-order valence-electron chi connectivity index (χ4n) is 2.43. The molecule has 2 rings (SSSR count). The van der Waals surface area contributed by atoms with E-state index in [0.717, 1.165) is 12.1 Å². The average Bonchev–Trinajstić information content (AvgIpc) is 2.64. The summed E-state index contributed by atoms with van der Waals surface area (Å²) in [6.45, 7) is 2.31. The summed E-state index contributed by atoms with van der Waals surface area (Å²) >= 11 is 0. The van der Waals surface area contributed by atoms with E-state index < -0.39 is 11.7 Å². The smallest absolute Gasteiger partial charge is 0.383 e. The van der Waals surface area contributed by atoms with Crippen LogP contribution in [0.3, 0.4) is 0 Å². The molecular formula is C19H22ClF3N2O2. The molecule has 0 fully saturated rings. The predicted molar refractivity (Wildman–Crippen MR) is 101 cm³/mol. The number of halogens is 4. The van der Waals surface area contributed by atoms with Gasteiger partial charge in [-0.15, -0.1) is 12.4 Å². The van der Waals surface area contributed by atoms with Crippen LogP contribution in [0.4, 0.5) is 13.2 Å². The number of carbonyl (C=O) groups excluding carboxylic acids is 1. The topological polar surface area (TPSA) is 50.4 Å². The van der Waals surface area contributed by atoms with Gasteiger partial charge in [0.25, 0.3) is 5.91 Å². The Morgan fingerprint density at radius 1 is 1.00 bits per heavy atom. The zero-order chi connectivity index (χ0) is 19.0. The molecule has 0 heterocycles. The maximum atomic E-state index is 12.7. The number of methoxy groups -OCH3 is 1. The van der Waals surface area contributed by atoms with Crippen molar-refractivity contribution in [3.05, 3.63) is 59.7 Å². The van der Waals surface area contributed by atoms with E-state index in [4.69, 9.17) is 4.74 Å². The zero-order valence-corrected chi connectivity index (χ0v) is 15.6. The summed E-state index contributed by atoms with van der Waals surface area (Å²) in [5, 5.41) is 5.91. The number of benzene rings is 2. The number of amides is 1. The van der Waals surface area contributed by atoms with Gasteiger partial charge >= 0.3 is 6.18 Å². The Hall–Kier alpha value is -2.09. The minimum Gasteiger partial charge on any atom is -0.383 e. The molecule has 0 aliphatic rings. The lowest BCUT2D eigenvalue weighted by molar-refractivity contribution is -0.137. The van der Waals surface area contributed by atoms with E-state index in [1.54, 1.807) is 31.4 Å². The van der Waals surface area contributed by atoms with Crippen LogP contribution in [0.15, 0.2) is 48.5 Å². The van der Waals surface area contributed by atoms with Crippen LogP contribution < -0.4 is 10.6 Å². The summed E-state index contributed by atoms with van der Waals surface area (Å²) in [6, 6.07) is 11.6. The Bertz CT molecular complexity index is 722. The van der Waals surface area contributed by atoms with E-state index in [1.165, 1.54) is 12.1 Å². The second-order valence-corrected chi connectivity index (χ2v) is 5.62. The van der Waals surface area contributed by atoms with Gasteiger partial charge in [-0.25, -0.2) is 0 Å². The quantitative estimate of drug-likeness (QED) is 0.661. The maximum absolute atomic E-state index is 12.7. The molecule has 4 nitrogen and oxygen atoms in total. The Kier molecular flexibility index (Phi) is 9.28. The van der Waals surface area contributed by atoms with Gasteiger partial charge in [0.05, 0.1) is 12.2 Å². The summed E-state index contributed by atoms with van der Waals surface area (Å²) in [5.74, 6) is -0.269. The third kappa shape index (κ3) is 6.86. The third-order valence-electron chi connectivity index (χ3n) is 3.77. The van der Waals surface area contributed by atoms with Gasteiger partial charge in [-0.2, -0.15) is 13.2 Å². The molecule has 0 bridgehead atoms. The fraction of sp³-hybridized carbons (Fsp3) is 0.316. The van der Waals surface area contributed by atoms with E-state index in [-0.39, 0.29) is 18.3 Å². The van der Waals surface area contributed by atoms with Gasteiger partial charge < -0.3 is 15.4 Å². The largest absolute Gasteiger partial charge is 0.416 e. The number of ether oxygens (including phenoxy) is 1. The molecule has 0 aliphatic heterocycles. The summed E-state index contributed by atoms with van der Waals surface area (Å²) in [5.41, 5.74) is 0.850. The first-order chi connectivity index (χ1) is 12.4. The predicted octanol–water partition coefficient (Wildman–Crippen LogP) is 3.76. The van der Waals surface area contributed by atoms with Crippen LogP contribution in [0.25, 0.3) is 11.1 Å². The second kappa shape index (κ2) is 10.9. The van der Waals surface area contributed by atoms with Crippen molar-refractivity contribution < 1.29 is 22.7 Å². The van der Waals surface area contributed by atoms with Gasteiger partial charge in [0.1, 0.15) is 0 Å². The van der Waals surface area contributed by atoms with Crippen LogP contribution in [0, 0.1) is 0 Å². The highest BCUT2D eigenvalue weighted by atomic mass is 35.5. The standard InChI is InChI=1S/C19H21F3N2O2.ClH/c1-26-13-12-23-10-11-24-18(25)17-5-3-2-4-16(17)14-6-8-15(9-7-14)19(20,21)22;/h2-9,23H,10-13H2,1H3,(H,24,25);1H. The molecule has 0 unspecified atom stereocenters. The monoisotopic (exact) mass is 402 g/mol. The summed E-state index contributed by atoms with van der Waals surface area (Å²) in [6.07, 6.45) is -4.38. The summed E-state index contributed by atoms with van der Waals surface area (Å²) < 4.78 is 43.0. The van der Waals surface area contributed by atoms with E-state index in [2.05, 4.69) is 10.6 Å². The fourth-order valence-corrected chi connectivity index (χ4v) is 2.43. The molecule has 27 heavy (non-hydrogen) atoms. The molecule has 2 aromatic rings. The molecule has 0 atom stereocenters. The minimum atomic E-state index is -4.38. The lowest BCUT2D eigenvalue weighted by Gasteiger charge is -2.12. The molecule has 0 aliphatic carbocycles. The number of hydrogen-bond donors (Lipinski definition) is 2. The first-order valence-corrected chi connectivity index (χ1v) is 8.18. The molecule has 148 valence electrons. The Labute approximate surface area is 162 Å². The Morgan fingerprint density at radius 2 is 1.67 bits per heavy atom. The molecule has 0 radical (unpaired) electrons. The molecule has 2 aromatic carbocycles. The molecule has 0 saturated carbocycles. The van der Waals surface area contributed by atoms with Crippen molar-refractivity contribution in [1.82, 2.24) is 10.6 Å². The van der Waals surface area contributed by atoms with Crippen LogP contribution in [-0.2, 0) is 10.9 Å². The van der Waals surface area contributed by atoms with E-state index in [9.17, 15) is 18.0 Å². The van der Waals surface area contributed by atoms with Crippen molar-refractivity contribution >= 4 is 18.3 Å². The van der Waals surface area contributed by atoms with E-state index in [1.807, 2.05) is 0 Å². The van der Waals surface area contributed by atoms with E-state index in [0.29, 0.717) is 42.9 Å². The molecule has 0 spiro atoms. The van der Waals surface area contributed by atoms with Crippen LogP contribution in [0.2, 0.25) is 0 Å². The highest BCUT2D eigenvalue weighted by molar-refractivity contribution is 6.00. The van der Waals surface area contributed by atoms with Crippen LogP contribution >= 0.6 is 12.4 Å². The normalized spacial score (nSPS) is 11.0. The van der Waals surface area contributed by atoms with Crippen LogP contribution in [0.5, 0.6) is 0 Å². The minimum absolute atomic E-state index is 0. The second-order valence-electron chi connectivity index (χ2n) is 5.62. The Balaban J connectivity index is 0.00000364. The van der Waals surface area contributed by atoms with Gasteiger partial charge in [-0.1, -0.05) is 30.3 Å². The average molecular weight is 403 g/mol. The molecule has 0 aromatic heterocycles. The number of hydrogen-bond acceptors (Lipinski definition) is 3. The van der Waals surface area contributed by atoms with Gasteiger partial charge in [-0.05, 0) is 29.3 Å². The van der Waals surface area contributed by atoms with Crippen LogP contribution in [0.1, 0.15) is 15.9 Å². The number of alkyl halides is 3. The first-order valence-electron chi connectivity index (χ1n) is 8.18. The van der Waals surface area contributed by atoms with Crippen LogP contribution in [-0.4, -0.2) is 39.3 Å². The molecule has 8 heteroatoms. The number of nitrogens with one attached hydrogen (secondary N) is 2. The summed E-state index contributed by atoms with van der Waals surface area (Å²) in [4.78, 5) is 12.4. The molecular weight excluding hydrogens is 381 g/mol. The van der Waals surface area contributed by atoms with Crippen molar-refractivity contribution in [2.24, 2.45) is 0 Å². The van der Waals surface area contributed by atoms with Crippen molar-refractivity contribution in [2.45, 2.75) is 6.18 Å². The molecule has 1 amide bonds. The van der Waals surface area contributed by atoms with Crippen molar-refractivity contribution in [3.8, 4) is 11.1 Å². The van der Waals surface area contributed by atoms with Gasteiger partial charge in [0, 0.05) is 32.3 Å². The van der Waals surface area contributed by atoms with E-state index >= 15 is 0 Å². The highest BCUT2D eigenvalue weighted by Crippen LogP contribution is 2.31. The van der Waals surface area contributed by atoms with Crippen molar-refractivity contribution in [3.63, 3.8) is 0 Å². The van der Waals surface area contributed by atoms with Gasteiger partial charge in [0.15, 0.2) is 0 Å². The zero-order valence-electron chi connectivity index (χ0n) is 14.8. The maximum Gasteiger partial charge on any atom is 0.416 e. The van der Waals surface area contributed by atoms with Crippen molar-refractivity contribution in [1.29, 1.82) is 0 Å². The SMILES string of the molecule is COCCNCCNC(=O)c1ccccc1-c1ccc(C(F)(F)F)cc1.Cl. The van der Waals surface area contributed by atoms with Gasteiger partial charge in [-0.3, -0.25) is 4.79 Å².